The van der Waals surface area contributed by atoms with Gasteiger partial charge >= 0.3 is 6.09 Å². The van der Waals surface area contributed by atoms with Gasteiger partial charge in [0.25, 0.3) is 5.56 Å². The number of aromatic amines is 1. The third-order valence-electron chi connectivity index (χ3n) is 4.73. The fourth-order valence-corrected chi connectivity index (χ4v) is 4.20. The van der Waals surface area contributed by atoms with Crippen LogP contribution in [0.2, 0.25) is 10.0 Å². The van der Waals surface area contributed by atoms with E-state index in [4.69, 9.17) is 32.7 Å². The predicted molar refractivity (Wildman–Crippen MR) is 104 cm³/mol. The standard InChI is InChI=1S/C19H18Cl2N2O4/c1-19(2,3)27-18(25)23-9-5-6-10(23)13-12(9)8-7-11(26-4)14(20)15(21)16(8)22-17(13)24/h5-7,9-10H,1-4H3,(H,22,24)/t9-,10+/m1/s1. The smallest absolute Gasteiger partial charge is 0.411 e. The summed E-state index contributed by atoms with van der Waals surface area (Å²) in [6, 6.07) is 0.847. The van der Waals surface area contributed by atoms with Crippen LogP contribution in [0, 0.1) is 0 Å². The molecule has 1 aromatic carbocycles. The number of nitrogens with one attached hydrogen (secondary N) is 1. The van der Waals surface area contributed by atoms with Crippen molar-refractivity contribution in [3.8, 4) is 5.75 Å². The second kappa shape index (κ2) is 5.91. The number of aromatic nitrogens is 1. The van der Waals surface area contributed by atoms with Gasteiger partial charge in [0.1, 0.15) is 16.4 Å². The molecular weight excluding hydrogens is 391 g/mol. The highest BCUT2D eigenvalue weighted by atomic mass is 35.5. The van der Waals surface area contributed by atoms with Gasteiger partial charge in [-0.3, -0.25) is 9.69 Å². The highest BCUT2D eigenvalue weighted by molar-refractivity contribution is 6.46. The van der Waals surface area contributed by atoms with Gasteiger partial charge in [-0.05, 0) is 32.4 Å². The van der Waals surface area contributed by atoms with E-state index in [2.05, 4.69) is 4.98 Å². The van der Waals surface area contributed by atoms with Crippen LogP contribution < -0.4 is 10.3 Å². The number of H-pyrrole nitrogens is 1. The van der Waals surface area contributed by atoms with Crippen molar-refractivity contribution < 1.29 is 14.3 Å². The van der Waals surface area contributed by atoms with Crippen molar-refractivity contribution in [1.82, 2.24) is 9.88 Å². The van der Waals surface area contributed by atoms with Crippen molar-refractivity contribution in [1.29, 1.82) is 0 Å². The molecule has 142 valence electrons. The lowest BCUT2D eigenvalue weighted by molar-refractivity contribution is 0.0196. The van der Waals surface area contributed by atoms with Gasteiger partial charge in [0, 0.05) is 5.39 Å². The Hall–Kier alpha value is -2.18. The summed E-state index contributed by atoms with van der Waals surface area (Å²) in [5, 5.41) is 1.13. The lowest BCUT2D eigenvalue weighted by atomic mass is 9.94. The first kappa shape index (κ1) is 18.2. The summed E-state index contributed by atoms with van der Waals surface area (Å²) < 4.78 is 10.8. The van der Waals surface area contributed by atoms with Crippen molar-refractivity contribution in [3.05, 3.63) is 49.7 Å². The van der Waals surface area contributed by atoms with E-state index in [0.29, 0.717) is 22.2 Å². The van der Waals surface area contributed by atoms with Gasteiger partial charge in [0.05, 0.1) is 35.3 Å². The fourth-order valence-electron chi connectivity index (χ4n) is 3.73. The maximum absolute atomic E-state index is 12.8. The normalized spacial score (nSPS) is 20.3. The highest BCUT2D eigenvalue weighted by Crippen LogP contribution is 2.51. The number of methoxy groups -OCH3 is 1. The number of pyridine rings is 1. The predicted octanol–water partition coefficient (Wildman–Crippen LogP) is 4.75. The number of carbonyl (C=O) groups is 1. The number of ether oxygens (including phenoxy) is 2. The molecule has 2 aliphatic rings. The molecule has 0 saturated carbocycles. The largest absolute Gasteiger partial charge is 0.495 e. The van der Waals surface area contributed by atoms with Crippen LogP contribution in [-0.2, 0) is 4.74 Å². The van der Waals surface area contributed by atoms with Crippen LogP contribution >= 0.6 is 23.2 Å². The van der Waals surface area contributed by atoms with Gasteiger partial charge in [-0.2, -0.15) is 0 Å². The third-order valence-corrected chi connectivity index (χ3v) is 5.58. The number of carbonyl (C=O) groups excluding carboxylic acids is 1. The summed E-state index contributed by atoms with van der Waals surface area (Å²) in [5.74, 6) is 0.402. The molecule has 27 heavy (non-hydrogen) atoms. The van der Waals surface area contributed by atoms with E-state index in [1.807, 2.05) is 12.2 Å². The number of halogens is 2. The molecule has 1 aromatic heterocycles. The minimum atomic E-state index is -0.639. The van der Waals surface area contributed by atoms with Crippen molar-refractivity contribution in [2.45, 2.75) is 38.5 Å². The van der Waals surface area contributed by atoms with Crippen LogP contribution in [-0.4, -0.2) is 28.7 Å². The summed E-state index contributed by atoms with van der Waals surface area (Å²) in [7, 11) is 1.49. The van der Waals surface area contributed by atoms with Gasteiger partial charge in [0.15, 0.2) is 0 Å². The summed E-state index contributed by atoms with van der Waals surface area (Å²) in [4.78, 5) is 29.9. The molecule has 0 fully saturated rings. The van der Waals surface area contributed by atoms with Crippen LogP contribution in [0.15, 0.2) is 23.0 Å². The first-order chi connectivity index (χ1) is 12.6. The number of nitrogens with zero attached hydrogens (tertiary/aromatic N) is 1. The van der Waals surface area contributed by atoms with E-state index in [0.717, 1.165) is 5.56 Å². The Morgan fingerprint density at radius 2 is 1.78 bits per heavy atom. The highest BCUT2D eigenvalue weighted by Gasteiger charge is 2.47. The van der Waals surface area contributed by atoms with Gasteiger partial charge in [0.2, 0.25) is 0 Å². The van der Waals surface area contributed by atoms with Crippen molar-refractivity contribution in [3.63, 3.8) is 0 Å². The van der Waals surface area contributed by atoms with Crippen molar-refractivity contribution in [2.75, 3.05) is 7.11 Å². The molecule has 2 atom stereocenters. The molecule has 3 heterocycles. The van der Waals surface area contributed by atoms with E-state index >= 15 is 0 Å². The van der Waals surface area contributed by atoms with E-state index in [1.54, 1.807) is 31.7 Å². The molecule has 0 unspecified atom stereocenters. The molecule has 6 nitrogen and oxygen atoms in total. The van der Waals surface area contributed by atoms with Gasteiger partial charge in [-0.25, -0.2) is 4.79 Å². The van der Waals surface area contributed by atoms with E-state index in [9.17, 15) is 9.59 Å². The molecule has 2 aromatic rings. The van der Waals surface area contributed by atoms with Crippen LogP contribution in [0.1, 0.15) is 44.0 Å². The third kappa shape index (κ3) is 2.62. The molecule has 0 radical (unpaired) electrons. The zero-order valence-corrected chi connectivity index (χ0v) is 16.7. The molecule has 0 spiro atoms. The summed E-state index contributed by atoms with van der Waals surface area (Å²) in [6.07, 6.45) is 3.26. The van der Waals surface area contributed by atoms with E-state index in [1.165, 1.54) is 7.11 Å². The van der Waals surface area contributed by atoms with Crippen molar-refractivity contribution in [2.24, 2.45) is 0 Å². The number of amides is 1. The lowest BCUT2D eigenvalue weighted by Gasteiger charge is -2.27. The Morgan fingerprint density at radius 1 is 1.15 bits per heavy atom. The first-order valence-corrected chi connectivity index (χ1v) is 9.21. The fraction of sp³-hybridized carbons (Fsp3) is 0.368. The number of rotatable bonds is 1. The van der Waals surface area contributed by atoms with Crippen molar-refractivity contribution >= 4 is 40.2 Å². The van der Waals surface area contributed by atoms with E-state index < -0.39 is 23.8 Å². The lowest BCUT2D eigenvalue weighted by Crippen LogP contribution is -2.35. The van der Waals surface area contributed by atoms with Gasteiger partial charge in [-0.1, -0.05) is 35.4 Å². The molecule has 1 N–H and O–H groups in total. The van der Waals surface area contributed by atoms with Crippen LogP contribution in [0.5, 0.6) is 5.75 Å². The maximum Gasteiger partial charge on any atom is 0.411 e. The second-order valence-corrected chi connectivity index (χ2v) is 8.33. The summed E-state index contributed by atoms with van der Waals surface area (Å²) >= 11 is 12.6. The quantitative estimate of drug-likeness (QED) is 0.691. The number of benzene rings is 1. The van der Waals surface area contributed by atoms with Crippen LogP contribution in [0.4, 0.5) is 4.79 Å². The topological polar surface area (TPSA) is 71.6 Å². The number of fused-ring (bicyclic) bond motifs is 7. The number of hydrogen-bond donors (Lipinski definition) is 1. The monoisotopic (exact) mass is 408 g/mol. The molecular formula is C19H18Cl2N2O4. The van der Waals surface area contributed by atoms with Gasteiger partial charge in [-0.15, -0.1) is 0 Å². The molecule has 0 saturated heterocycles. The Bertz CT molecular complexity index is 1070. The SMILES string of the molecule is COc1cc2c3c(c(=O)[nH]c2c(Cl)c1Cl)[C@@H]1C=C[C@H]3N1C(=O)OC(C)(C)C. The molecule has 4 rings (SSSR count). The maximum atomic E-state index is 12.8. The first-order valence-electron chi connectivity index (χ1n) is 8.45. The molecule has 0 aliphatic carbocycles. The molecule has 2 bridgehead atoms. The molecule has 1 amide bonds. The average Bonchev–Trinajstić information content (AvgIpc) is 3.14. The Morgan fingerprint density at radius 3 is 2.37 bits per heavy atom. The molecule has 8 heteroatoms. The minimum Gasteiger partial charge on any atom is -0.495 e. The van der Waals surface area contributed by atoms with E-state index in [-0.39, 0.29) is 15.6 Å². The Kier molecular flexibility index (Phi) is 3.98. The summed E-state index contributed by atoms with van der Waals surface area (Å²) in [5.41, 5.74) is 0.729. The summed E-state index contributed by atoms with van der Waals surface area (Å²) in [6.45, 7) is 5.41. The minimum absolute atomic E-state index is 0.210. The number of hydrogen-bond acceptors (Lipinski definition) is 4. The van der Waals surface area contributed by atoms with Crippen LogP contribution in [0.25, 0.3) is 10.9 Å². The Labute approximate surface area is 165 Å². The second-order valence-electron chi connectivity index (χ2n) is 7.57. The van der Waals surface area contributed by atoms with Crippen LogP contribution in [0.3, 0.4) is 0 Å². The zero-order valence-electron chi connectivity index (χ0n) is 15.2. The average molecular weight is 409 g/mol. The Balaban J connectivity index is 1.93. The zero-order chi connectivity index (χ0) is 19.7. The molecule has 2 aliphatic heterocycles. The van der Waals surface area contributed by atoms with Gasteiger partial charge < -0.3 is 14.5 Å².